The second-order valence-electron chi connectivity index (χ2n) is 11.5. The van der Waals surface area contributed by atoms with Crippen LogP contribution in [0.1, 0.15) is 37.8 Å². The molecule has 0 saturated carbocycles. The summed E-state index contributed by atoms with van der Waals surface area (Å²) in [6.45, 7) is 6.87. The van der Waals surface area contributed by atoms with Crippen LogP contribution in [0.4, 0.5) is 24.8 Å². The van der Waals surface area contributed by atoms with Crippen molar-refractivity contribution in [1.82, 2.24) is 29.7 Å². The molecule has 1 amide bonds. The Bertz CT molecular complexity index is 1670. The quantitative estimate of drug-likeness (QED) is 0.371. The molecule has 0 unspecified atom stereocenters. The van der Waals surface area contributed by atoms with Gasteiger partial charge in [0.1, 0.15) is 29.6 Å². The molecule has 5 heterocycles. The third-order valence-electron chi connectivity index (χ3n) is 8.09. The average Bonchev–Trinajstić information content (AvgIpc) is 3.37. The van der Waals surface area contributed by atoms with E-state index in [9.17, 15) is 22.8 Å². The van der Waals surface area contributed by atoms with Crippen LogP contribution in [0.2, 0.25) is 5.02 Å². The van der Waals surface area contributed by atoms with Crippen molar-refractivity contribution in [2.45, 2.75) is 51.9 Å². The van der Waals surface area contributed by atoms with E-state index in [0.29, 0.717) is 37.4 Å². The van der Waals surface area contributed by atoms with Crippen LogP contribution in [0.25, 0.3) is 22.4 Å². The van der Waals surface area contributed by atoms with E-state index in [4.69, 9.17) is 27.1 Å². The largest absolute Gasteiger partial charge is 0.462 e. The summed E-state index contributed by atoms with van der Waals surface area (Å²) in [6.07, 6.45) is -0.280. The van der Waals surface area contributed by atoms with Crippen LogP contribution >= 0.6 is 11.6 Å². The van der Waals surface area contributed by atoms with E-state index in [2.05, 4.69) is 19.9 Å². The molecule has 0 radical (unpaired) electrons. The number of nitrogen functional groups attached to an aromatic ring is 1. The van der Waals surface area contributed by atoms with Crippen LogP contribution in [0.15, 0.2) is 24.3 Å². The molecule has 2 aliphatic rings. The smallest absolute Gasteiger partial charge is 0.418 e. The molecule has 11 nitrogen and oxygen atoms in total. The molecule has 0 bridgehead atoms. The molecular weight excluding hydrogens is 613 g/mol. The van der Waals surface area contributed by atoms with Crippen molar-refractivity contribution in [2.24, 2.45) is 0 Å². The fourth-order valence-corrected chi connectivity index (χ4v) is 6.04. The van der Waals surface area contributed by atoms with Crippen LogP contribution in [-0.2, 0) is 15.8 Å². The maximum absolute atomic E-state index is 14.2. The van der Waals surface area contributed by atoms with Crippen LogP contribution in [0.3, 0.4) is 0 Å². The van der Waals surface area contributed by atoms with E-state index in [1.807, 2.05) is 18.9 Å². The second kappa shape index (κ2) is 12.8. The topological polar surface area (TPSA) is 131 Å². The average molecular weight is 647 g/mol. The lowest BCUT2D eigenvalue weighted by molar-refractivity contribution is -0.137. The van der Waals surface area contributed by atoms with E-state index >= 15 is 0 Å². The highest BCUT2D eigenvalue weighted by molar-refractivity contribution is 6.33. The van der Waals surface area contributed by atoms with E-state index in [0.717, 1.165) is 25.5 Å². The molecule has 45 heavy (non-hydrogen) atoms. The van der Waals surface area contributed by atoms with Crippen molar-refractivity contribution in [1.29, 1.82) is 0 Å². The Morgan fingerprint density at radius 3 is 2.51 bits per heavy atom. The first kappa shape index (κ1) is 32.4. The molecule has 240 valence electrons. The molecule has 0 spiro atoms. The van der Waals surface area contributed by atoms with Crippen molar-refractivity contribution in [3.8, 4) is 17.4 Å². The summed E-state index contributed by atoms with van der Waals surface area (Å²) in [6, 6.07) is 2.56. The highest BCUT2D eigenvalue weighted by Gasteiger charge is 2.38. The number of halogens is 4. The molecular formula is C30H34ClF3N8O3. The first-order chi connectivity index (χ1) is 21.2. The first-order valence-electron chi connectivity index (χ1n) is 14.5. The third-order valence-corrected chi connectivity index (χ3v) is 8.38. The van der Waals surface area contributed by atoms with Gasteiger partial charge in [-0.05, 0) is 71.0 Å². The molecule has 3 aromatic rings. The van der Waals surface area contributed by atoms with Gasteiger partial charge in [-0.25, -0.2) is 9.97 Å². The number of ketones is 1. The predicted octanol–water partition coefficient (Wildman–Crippen LogP) is 4.30. The Balaban J connectivity index is 1.59. The van der Waals surface area contributed by atoms with Gasteiger partial charge >= 0.3 is 12.2 Å². The van der Waals surface area contributed by atoms with Gasteiger partial charge in [-0.2, -0.15) is 23.1 Å². The lowest BCUT2D eigenvalue weighted by atomic mass is 10.0. The summed E-state index contributed by atoms with van der Waals surface area (Å²) >= 11 is 6.63. The molecule has 2 N–H and O–H groups in total. The lowest BCUT2D eigenvalue weighted by Crippen LogP contribution is -2.53. The number of hydrogen-bond acceptors (Lipinski definition) is 10. The Labute approximate surface area is 263 Å². The summed E-state index contributed by atoms with van der Waals surface area (Å²) < 4.78 is 48.6. The monoisotopic (exact) mass is 646 g/mol. The fraction of sp³-hybridized carbons (Fsp3) is 0.467. The van der Waals surface area contributed by atoms with Gasteiger partial charge in [0.2, 0.25) is 5.91 Å². The number of likely N-dealkylation sites (N-methyl/N-ethyl adjacent to an activating group) is 1. The van der Waals surface area contributed by atoms with Gasteiger partial charge in [0.25, 0.3) is 0 Å². The highest BCUT2D eigenvalue weighted by Crippen LogP contribution is 2.42. The van der Waals surface area contributed by atoms with Crippen molar-refractivity contribution < 1.29 is 27.5 Å². The number of carbonyl (C=O) groups is 2. The van der Waals surface area contributed by atoms with Crippen LogP contribution in [-0.4, -0.2) is 93.3 Å². The number of nitrogens with two attached hydrogens (primary N) is 1. The van der Waals surface area contributed by atoms with E-state index in [1.54, 1.807) is 4.90 Å². The number of piperazine rings is 1. The number of alkyl halides is 3. The molecule has 0 aromatic carbocycles. The zero-order valence-corrected chi connectivity index (χ0v) is 26.1. The van der Waals surface area contributed by atoms with Gasteiger partial charge in [-0.15, -0.1) is 0 Å². The zero-order valence-electron chi connectivity index (χ0n) is 25.4. The number of carbonyl (C=O) groups excluding carboxylic acids is 2. The minimum absolute atomic E-state index is 0.0152. The Kier molecular flexibility index (Phi) is 9.17. The number of rotatable bonds is 7. The number of hydrogen-bond donors (Lipinski definition) is 1. The van der Waals surface area contributed by atoms with E-state index in [1.165, 1.54) is 32.1 Å². The van der Waals surface area contributed by atoms with Crippen LogP contribution in [0.5, 0.6) is 6.01 Å². The molecule has 5 rings (SSSR count). The summed E-state index contributed by atoms with van der Waals surface area (Å²) in [5.41, 5.74) is 4.09. The SMILES string of the molecule is CC(=O)/C=C/C(=O)N1CCN(c2nc(OC[C@@H]3CCCN3C)nc3nc(-c4nc(N)cc(C)c4C(F)(F)F)c(Cl)cc23)[C@@H](C)C1. The molecule has 2 aliphatic heterocycles. The normalized spacial score (nSPS) is 19.6. The number of ether oxygens (including phenoxy) is 1. The number of likely N-dealkylation sites (tertiary alicyclic amines) is 1. The zero-order chi connectivity index (χ0) is 32.6. The van der Waals surface area contributed by atoms with Crippen molar-refractivity contribution >= 4 is 46.0 Å². The van der Waals surface area contributed by atoms with Gasteiger partial charge in [-0.3, -0.25) is 9.59 Å². The number of aryl methyl sites for hydroxylation is 1. The number of pyridine rings is 2. The summed E-state index contributed by atoms with van der Waals surface area (Å²) in [7, 11) is 2.01. The van der Waals surface area contributed by atoms with Crippen LogP contribution < -0.4 is 15.4 Å². The van der Waals surface area contributed by atoms with Crippen molar-refractivity contribution in [3.63, 3.8) is 0 Å². The maximum Gasteiger partial charge on any atom is 0.418 e. The molecule has 2 atom stereocenters. The maximum atomic E-state index is 14.2. The molecule has 0 aliphatic carbocycles. The van der Waals surface area contributed by atoms with Crippen LogP contribution in [0, 0.1) is 6.92 Å². The molecule has 2 fully saturated rings. The Hall–Kier alpha value is -4.04. The van der Waals surface area contributed by atoms with Gasteiger partial charge in [0, 0.05) is 37.8 Å². The van der Waals surface area contributed by atoms with Gasteiger partial charge < -0.3 is 25.2 Å². The van der Waals surface area contributed by atoms with Crippen molar-refractivity contribution in [2.75, 3.05) is 50.5 Å². The van der Waals surface area contributed by atoms with E-state index < -0.39 is 17.4 Å². The number of allylic oxidation sites excluding steroid dienone is 1. The van der Waals surface area contributed by atoms with Gasteiger partial charge in [-0.1, -0.05) is 11.6 Å². The summed E-state index contributed by atoms with van der Waals surface area (Å²) in [5.74, 6) is -0.203. The highest BCUT2D eigenvalue weighted by atomic mass is 35.5. The summed E-state index contributed by atoms with van der Waals surface area (Å²) in [5, 5.41) is 0.304. The number of nitrogens with zero attached hydrogens (tertiary/aromatic N) is 7. The number of aromatic nitrogens is 4. The van der Waals surface area contributed by atoms with Gasteiger partial charge in [0.05, 0.1) is 16.0 Å². The Morgan fingerprint density at radius 2 is 1.87 bits per heavy atom. The molecule has 3 aromatic heterocycles. The Morgan fingerprint density at radius 1 is 1.11 bits per heavy atom. The predicted molar refractivity (Wildman–Crippen MR) is 164 cm³/mol. The summed E-state index contributed by atoms with van der Waals surface area (Å²) in [4.78, 5) is 47.4. The molecule has 2 saturated heterocycles. The minimum atomic E-state index is -4.75. The molecule has 15 heteroatoms. The minimum Gasteiger partial charge on any atom is -0.462 e. The second-order valence-corrected chi connectivity index (χ2v) is 11.9. The fourth-order valence-electron chi connectivity index (χ4n) is 5.80. The number of fused-ring (bicyclic) bond motifs is 1. The number of anilines is 2. The third kappa shape index (κ3) is 6.96. The van der Waals surface area contributed by atoms with Crippen molar-refractivity contribution in [3.05, 3.63) is 40.4 Å². The standard InChI is InChI=1S/C30H34ClF3N8O3/c1-16-12-22(35)36-26(24(16)30(32,33)34)25-21(31)13-20-27(37-25)38-29(45-15-19-6-5-9-40(19)4)39-28(20)42-11-10-41(14-17(42)2)23(44)8-7-18(3)43/h7-8,12-13,17,19H,5-6,9-11,14-15H2,1-4H3,(H2,35,36)/b8-7+/t17-,19-/m0/s1. The van der Waals surface area contributed by atoms with E-state index in [-0.39, 0.29) is 57.5 Å². The number of amides is 1. The van der Waals surface area contributed by atoms with Gasteiger partial charge in [0.15, 0.2) is 11.4 Å². The lowest BCUT2D eigenvalue weighted by Gasteiger charge is -2.40. The first-order valence-corrected chi connectivity index (χ1v) is 14.9.